The Labute approximate surface area is 97.7 Å². The van der Waals surface area contributed by atoms with Gasteiger partial charge in [0.05, 0.1) is 11.9 Å². The number of nitrogens with zero attached hydrogens (tertiary/aromatic N) is 3. The molecule has 0 unspecified atom stereocenters. The molecule has 0 aromatic carbocycles. The van der Waals surface area contributed by atoms with Crippen molar-refractivity contribution in [2.45, 2.75) is 52.0 Å². The van der Waals surface area contributed by atoms with Crippen LogP contribution in [0.3, 0.4) is 0 Å². The second-order valence-electron chi connectivity index (χ2n) is 3.84. The van der Waals surface area contributed by atoms with Crippen LogP contribution in [0.5, 0.6) is 0 Å². The number of unbranched alkanes of at least 4 members (excludes halogenated alkanes) is 3. The van der Waals surface area contributed by atoms with Crippen LogP contribution in [0.1, 0.15) is 44.7 Å². The van der Waals surface area contributed by atoms with E-state index in [1.807, 2.05) is 10.9 Å². The van der Waals surface area contributed by atoms with Crippen molar-refractivity contribution in [3.8, 4) is 0 Å². The van der Waals surface area contributed by atoms with Gasteiger partial charge in [-0.05, 0) is 31.4 Å². The Morgan fingerprint density at radius 1 is 1.27 bits per heavy atom. The fourth-order valence-electron chi connectivity index (χ4n) is 1.59. The Morgan fingerprint density at radius 3 is 2.87 bits per heavy atom. The maximum atomic E-state index is 4.20. The Hall–Kier alpha value is -0.510. The summed E-state index contributed by atoms with van der Waals surface area (Å²) in [6, 6.07) is 0. The monoisotopic (exact) mass is 227 g/mol. The standard InChI is InChI=1S/C11H21N3S/c1-2-3-4-7-11-10-12-13-14(11)8-5-6-9-15/h10,15H,2-9H2,1H3. The minimum Gasteiger partial charge on any atom is -0.249 e. The van der Waals surface area contributed by atoms with Crippen molar-refractivity contribution in [3.63, 3.8) is 0 Å². The van der Waals surface area contributed by atoms with Gasteiger partial charge in [0.1, 0.15) is 0 Å². The maximum absolute atomic E-state index is 4.20. The number of thiol groups is 1. The van der Waals surface area contributed by atoms with Crippen molar-refractivity contribution >= 4 is 12.6 Å². The first-order chi connectivity index (χ1) is 7.38. The largest absolute Gasteiger partial charge is 0.249 e. The molecule has 4 heteroatoms. The molecule has 1 rings (SSSR count). The summed E-state index contributed by atoms with van der Waals surface area (Å²) < 4.78 is 2.04. The van der Waals surface area contributed by atoms with Crippen LogP contribution >= 0.6 is 12.6 Å². The molecule has 3 nitrogen and oxygen atoms in total. The average molecular weight is 227 g/mol. The van der Waals surface area contributed by atoms with Gasteiger partial charge < -0.3 is 0 Å². The summed E-state index contributed by atoms with van der Waals surface area (Å²) >= 11 is 4.20. The lowest BCUT2D eigenvalue weighted by Gasteiger charge is -2.04. The summed E-state index contributed by atoms with van der Waals surface area (Å²) in [6.07, 6.45) is 9.11. The van der Waals surface area contributed by atoms with E-state index in [0.717, 1.165) is 31.6 Å². The van der Waals surface area contributed by atoms with E-state index < -0.39 is 0 Å². The lowest BCUT2D eigenvalue weighted by Crippen LogP contribution is -2.05. The van der Waals surface area contributed by atoms with Gasteiger partial charge in [0.15, 0.2) is 0 Å². The lowest BCUT2D eigenvalue weighted by molar-refractivity contribution is 0.527. The zero-order valence-electron chi connectivity index (χ0n) is 9.52. The molecule has 0 saturated carbocycles. The highest BCUT2D eigenvalue weighted by Crippen LogP contribution is 2.06. The van der Waals surface area contributed by atoms with Gasteiger partial charge in [0, 0.05) is 6.54 Å². The maximum Gasteiger partial charge on any atom is 0.0725 e. The molecule has 15 heavy (non-hydrogen) atoms. The molecule has 0 bridgehead atoms. The van der Waals surface area contributed by atoms with E-state index in [1.165, 1.54) is 25.0 Å². The Kier molecular flexibility index (Phi) is 6.48. The van der Waals surface area contributed by atoms with Crippen LogP contribution < -0.4 is 0 Å². The molecule has 0 N–H and O–H groups in total. The number of rotatable bonds is 8. The number of aromatic nitrogens is 3. The van der Waals surface area contributed by atoms with E-state index in [9.17, 15) is 0 Å². The van der Waals surface area contributed by atoms with E-state index in [2.05, 4.69) is 29.9 Å². The lowest BCUT2D eigenvalue weighted by atomic mass is 10.2. The van der Waals surface area contributed by atoms with E-state index in [4.69, 9.17) is 0 Å². The van der Waals surface area contributed by atoms with E-state index in [0.29, 0.717) is 0 Å². The number of aryl methyl sites for hydroxylation is 2. The molecule has 0 atom stereocenters. The SMILES string of the molecule is CCCCCc1cnnn1CCCCS. The molecule has 0 aliphatic carbocycles. The summed E-state index contributed by atoms with van der Waals surface area (Å²) in [4.78, 5) is 0. The second-order valence-corrected chi connectivity index (χ2v) is 4.28. The first kappa shape index (κ1) is 12.6. The van der Waals surface area contributed by atoms with Crippen LogP contribution in [0.15, 0.2) is 6.20 Å². The van der Waals surface area contributed by atoms with Crippen molar-refractivity contribution in [1.29, 1.82) is 0 Å². The number of hydrogen-bond acceptors (Lipinski definition) is 3. The quantitative estimate of drug-likeness (QED) is 0.547. The van der Waals surface area contributed by atoms with Crippen LogP contribution in [0.2, 0.25) is 0 Å². The summed E-state index contributed by atoms with van der Waals surface area (Å²) in [5.74, 6) is 0.958. The van der Waals surface area contributed by atoms with Crippen LogP contribution in [-0.2, 0) is 13.0 Å². The third-order valence-electron chi connectivity index (χ3n) is 2.51. The zero-order chi connectivity index (χ0) is 10.9. The molecule has 0 radical (unpaired) electrons. The van der Waals surface area contributed by atoms with Crippen LogP contribution in [0, 0.1) is 0 Å². The summed E-state index contributed by atoms with van der Waals surface area (Å²) in [6.45, 7) is 3.21. The molecular weight excluding hydrogens is 206 g/mol. The molecule has 1 aromatic heterocycles. The summed E-state index contributed by atoms with van der Waals surface area (Å²) in [5.41, 5.74) is 1.28. The van der Waals surface area contributed by atoms with Crippen molar-refractivity contribution in [2.75, 3.05) is 5.75 Å². The van der Waals surface area contributed by atoms with Gasteiger partial charge in [-0.1, -0.05) is 25.0 Å². The highest BCUT2D eigenvalue weighted by atomic mass is 32.1. The minimum atomic E-state index is 0.958. The Bertz CT molecular complexity index is 236. The van der Waals surface area contributed by atoms with E-state index in [1.54, 1.807) is 0 Å². The van der Waals surface area contributed by atoms with E-state index in [-0.39, 0.29) is 0 Å². The van der Waals surface area contributed by atoms with Gasteiger partial charge in [-0.2, -0.15) is 12.6 Å². The highest BCUT2D eigenvalue weighted by molar-refractivity contribution is 7.80. The molecule has 86 valence electrons. The van der Waals surface area contributed by atoms with Crippen molar-refractivity contribution in [3.05, 3.63) is 11.9 Å². The van der Waals surface area contributed by atoms with Gasteiger partial charge in [-0.3, -0.25) is 0 Å². The van der Waals surface area contributed by atoms with Crippen molar-refractivity contribution in [2.24, 2.45) is 0 Å². The molecule has 0 aliphatic rings. The van der Waals surface area contributed by atoms with Crippen LogP contribution in [-0.4, -0.2) is 20.7 Å². The fraction of sp³-hybridized carbons (Fsp3) is 0.818. The summed E-state index contributed by atoms with van der Waals surface area (Å²) in [5, 5.41) is 8.08. The minimum absolute atomic E-state index is 0.958. The third-order valence-corrected chi connectivity index (χ3v) is 2.83. The topological polar surface area (TPSA) is 30.7 Å². The average Bonchev–Trinajstić information content (AvgIpc) is 2.67. The van der Waals surface area contributed by atoms with Gasteiger partial charge in [0.2, 0.25) is 0 Å². The van der Waals surface area contributed by atoms with Gasteiger partial charge in [-0.15, -0.1) is 5.10 Å². The van der Waals surface area contributed by atoms with E-state index >= 15 is 0 Å². The molecule has 0 spiro atoms. The highest BCUT2D eigenvalue weighted by Gasteiger charge is 2.02. The Balaban J connectivity index is 2.32. The predicted molar refractivity (Wildman–Crippen MR) is 66.3 cm³/mol. The second kappa shape index (κ2) is 7.74. The molecular formula is C11H21N3S. The first-order valence-electron chi connectivity index (χ1n) is 5.86. The Morgan fingerprint density at radius 2 is 2.13 bits per heavy atom. The first-order valence-corrected chi connectivity index (χ1v) is 6.50. The number of hydrogen-bond donors (Lipinski definition) is 1. The van der Waals surface area contributed by atoms with Gasteiger partial charge in [0.25, 0.3) is 0 Å². The molecule has 1 heterocycles. The third kappa shape index (κ3) is 4.69. The normalized spacial score (nSPS) is 10.8. The smallest absolute Gasteiger partial charge is 0.0725 e. The molecule has 0 amide bonds. The van der Waals surface area contributed by atoms with Crippen LogP contribution in [0.25, 0.3) is 0 Å². The predicted octanol–water partition coefficient (Wildman–Crippen LogP) is 2.72. The molecule has 1 aromatic rings. The van der Waals surface area contributed by atoms with Crippen molar-refractivity contribution < 1.29 is 0 Å². The van der Waals surface area contributed by atoms with Crippen molar-refractivity contribution in [1.82, 2.24) is 15.0 Å². The van der Waals surface area contributed by atoms with Gasteiger partial charge in [-0.25, -0.2) is 4.68 Å². The molecule has 0 fully saturated rings. The zero-order valence-corrected chi connectivity index (χ0v) is 10.4. The van der Waals surface area contributed by atoms with Crippen LogP contribution in [0.4, 0.5) is 0 Å². The fourth-order valence-corrected chi connectivity index (χ4v) is 1.81. The molecule has 0 aliphatic heterocycles. The summed E-state index contributed by atoms with van der Waals surface area (Å²) in [7, 11) is 0. The van der Waals surface area contributed by atoms with Gasteiger partial charge >= 0.3 is 0 Å². The molecule has 0 saturated heterocycles.